The topological polar surface area (TPSA) is 34.1 Å². The van der Waals surface area contributed by atoms with Gasteiger partial charge in [0.1, 0.15) is 0 Å². The highest BCUT2D eigenvalue weighted by molar-refractivity contribution is 6.08. The van der Waals surface area contributed by atoms with Gasteiger partial charge in [0.05, 0.1) is 17.1 Å². The van der Waals surface area contributed by atoms with Gasteiger partial charge in [-0.25, -0.2) is 4.98 Å². The van der Waals surface area contributed by atoms with E-state index in [1.807, 2.05) is 30.3 Å². The molecule has 1 aliphatic heterocycles. The minimum absolute atomic E-state index is 0.252. The molecule has 3 heteroatoms. The number of hydrogen-bond acceptors (Lipinski definition) is 3. The fourth-order valence-electron chi connectivity index (χ4n) is 7.00. The third kappa shape index (κ3) is 5.32. The molecule has 0 aliphatic carbocycles. The van der Waals surface area contributed by atoms with E-state index < -0.39 is 0 Å². The molecule has 1 unspecified atom stereocenters. The molecule has 7 aromatic carbocycles. The van der Waals surface area contributed by atoms with Gasteiger partial charge in [-0.15, -0.1) is 0 Å². The zero-order valence-electron chi connectivity index (χ0n) is 26.8. The molecule has 49 heavy (non-hydrogen) atoms. The lowest BCUT2D eigenvalue weighted by Crippen LogP contribution is -2.09. The van der Waals surface area contributed by atoms with Crippen molar-refractivity contribution in [2.75, 3.05) is 5.32 Å². The smallest absolute Gasteiger partial charge is 0.196 e. The van der Waals surface area contributed by atoms with Crippen molar-refractivity contribution in [1.82, 2.24) is 4.98 Å². The van der Waals surface area contributed by atoms with E-state index in [1.54, 1.807) is 0 Å². The Kier molecular flexibility index (Phi) is 7.21. The van der Waals surface area contributed by atoms with Crippen LogP contribution < -0.4 is 10.1 Å². The average Bonchev–Trinajstić information content (AvgIpc) is 3.63. The molecule has 0 amide bonds. The van der Waals surface area contributed by atoms with Gasteiger partial charge in [-0.2, -0.15) is 0 Å². The number of pyridine rings is 1. The molecule has 0 bridgehead atoms. The molecule has 0 saturated heterocycles. The number of fused-ring (bicyclic) bond motifs is 2. The van der Waals surface area contributed by atoms with Gasteiger partial charge in [0.2, 0.25) is 0 Å². The Morgan fingerprint density at radius 2 is 1.04 bits per heavy atom. The second-order valence-corrected chi connectivity index (χ2v) is 12.3. The highest BCUT2D eigenvalue weighted by Gasteiger charge is 2.28. The SMILES string of the molecule is c1ccc(-c2cc(-c3ccccc3-c3c(-c4cccc5c4OC(c4ccccc4)N5)ccc4ccccc34)cc(-c3ccccc3)n2)cc1. The Labute approximate surface area is 286 Å². The Morgan fingerprint density at radius 3 is 1.76 bits per heavy atom. The second kappa shape index (κ2) is 12.3. The van der Waals surface area contributed by atoms with Crippen LogP contribution in [0.25, 0.3) is 66.7 Å². The molecule has 1 aromatic heterocycles. The van der Waals surface area contributed by atoms with Crippen LogP contribution in [0.5, 0.6) is 5.75 Å². The van der Waals surface area contributed by atoms with Crippen LogP contribution in [0.1, 0.15) is 11.8 Å². The molecular weight excluding hydrogens is 597 g/mol. The molecule has 1 N–H and O–H groups in total. The lowest BCUT2D eigenvalue weighted by molar-refractivity contribution is 0.261. The molecule has 8 aromatic rings. The predicted molar refractivity (Wildman–Crippen MR) is 202 cm³/mol. The van der Waals surface area contributed by atoms with Crippen LogP contribution in [0.3, 0.4) is 0 Å². The van der Waals surface area contributed by atoms with E-state index in [2.05, 4.69) is 157 Å². The standard InChI is InChI=1S/C46H32N2O/c1-4-16-32(17-5-1)42-29-35(30-43(47-42)33-18-6-2-7-19-33)36-22-12-13-24-38(36)44-37-23-11-10-15-31(37)27-28-39(44)40-25-14-26-41-45(40)49-46(48-41)34-20-8-3-9-21-34/h1-30,46,48H. The van der Waals surface area contributed by atoms with Crippen LogP contribution in [0.2, 0.25) is 0 Å². The maximum absolute atomic E-state index is 6.71. The number of para-hydroxylation sites is 1. The number of anilines is 1. The monoisotopic (exact) mass is 628 g/mol. The summed E-state index contributed by atoms with van der Waals surface area (Å²) in [6.45, 7) is 0. The van der Waals surface area contributed by atoms with E-state index in [0.717, 1.165) is 67.3 Å². The van der Waals surface area contributed by atoms with Crippen LogP contribution in [-0.4, -0.2) is 4.98 Å². The van der Waals surface area contributed by atoms with Crippen molar-refractivity contribution in [1.29, 1.82) is 0 Å². The summed E-state index contributed by atoms with van der Waals surface area (Å²) >= 11 is 0. The van der Waals surface area contributed by atoms with Crippen LogP contribution in [-0.2, 0) is 0 Å². The molecule has 1 aliphatic rings. The fraction of sp³-hybridized carbons (Fsp3) is 0.0217. The van der Waals surface area contributed by atoms with Gasteiger partial charge in [-0.3, -0.25) is 0 Å². The lowest BCUT2D eigenvalue weighted by atomic mass is 9.85. The molecule has 0 fully saturated rings. The minimum Gasteiger partial charge on any atom is -0.464 e. The van der Waals surface area contributed by atoms with Crippen molar-refractivity contribution in [3.8, 4) is 61.6 Å². The van der Waals surface area contributed by atoms with Gasteiger partial charge >= 0.3 is 0 Å². The highest BCUT2D eigenvalue weighted by Crippen LogP contribution is 2.50. The van der Waals surface area contributed by atoms with E-state index in [-0.39, 0.29) is 6.23 Å². The number of nitrogens with zero attached hydrogens (tertiary/aromatic N) is 1. The van der Waals surface area contributed by atoms with Crippen molar-refractivity contribution in [3.63, 3.8) is 0 Å². The van der Waals surface area contributed by atoms with Gasteiger partial charge in [0, 0.05) is 22.3 Å². The largest absolute Gasteiger partial charge is 0.464 e. The van der Waals surface area contributed by atoms with Crippen molar-refractivity contribution in [2.24, 2.45) is 0 Å². The van der Waals surface area contributed by atoms with Gasteiger partial charge in [0.15, 0.2) is 12.0 Å². The molecule has 232 valence electrons. The van der Waals surface area contributed by atoms with E-state index in [1.165, 1.54) is 16.3 Å². The first-order chi connectivity index (χ1) is 24.3. The first-order valence-electron chi connectivity index (χ1n) is 16.7. The summed E-state index contributed by atoms with van der Waals surface area (Å²) in [5.41, 5.74) is 12.9. The highest BCUT2D eigenvalue weighted by atomic mass is 16.5. The molecule has 1 atom stereocenters. The maximum Gasteiger partial charge on any atom is 0.196 e. The van der Waals surface area contributed by atoms with E-state index in [9.17, 15) is 0 Å². The van der Waals surface area contributed by atoms with Crippen LogP contribution in [0.15, 0.2) is 182 Å². The first kappa shape index (κ1) is 28.7. The van der Waals surface area contributed by atoms with E-state index in [4.69, 9.17) is 9.72 Å². The summed E-state index contributed by atoms with van der Waals surface area (Å²) in [6, 6.07) is 63.9. The maximum atomic E-state index is 6.71. The van der Waals surface area contributed by atoms with E-state index in [0.29, 0.717) is 0 Å². The van der Waals surface area contributed by atoms with Crippen LogP contribution in [0.4, 0.5) is 5.69 Å². The van der Waals surface area contributed by atoms with Gasteiger partial charge in [-0.05, 0) is 56.8 Å². The zero-order valence-corrected chi connectivity index (χ0v) is 26.8. The predicted octanol–water partition coefficient (Wildman–Crippen LogP) is 12.1. The zero-order chi connectivity index (χ0) is 32.6. The molecule has 0 spiro atoms. The number of nitrogens with one attached hydrogen (secondary N) is 1. The summed E-state index contributed by atoms with van der Waals surface area (Å²) in [7, 11) is 0. The number of benzene rings is 7. The number of aromatic nitrogens is 1. The van der Waals surface area contributed by atoms with Gasteiger partial charge in [0.25, 0.3) is 0 Å². The third-order valence-corrected chi connectivity index (χ3v) is 9.33. The normalized spacial score (nSPS) is 13.4. The second-order valence-electron chi connectivity index (χ2n) is 12.3. The quantitative estimate of drug-likeness (QED) is 0.199. The Bertz CT molecular complexity index is 2380. The number of hydrogen-bond donors (Lipinski definition) is 1. The number of ether oxygens (including phenoxy) is 1. The summed E-state index contributed by atoms with van der Waals surface area (Å²) in [6.07, 6.45) is -0.252. The first-order valence-corrected chi connectivity index (χ1v) is 16.7. The molecular formula is C46H32N2O. The Morgan fingerprint density at radius 1 is 0.449 bits per heavy atom. The molecule has 3 nitrogen and oxygen atoms in total. The van der Waals surface area contributed by atoms with Crippen molar-refractivity contribution in [3.05, 3.63) is 188 Å². The van der Waals surface area contributed by atoms with Crippen molar-refractivity contribution >= 4 is 16.5 Å². The van der Waals surface area contributed by atoms with Crippen molar-refractivity contribution in [2.45, 2.75) is 6.23 Å². The van der Waals surface area contributed by atoms with Crippen LogP contribution >= 0.6 is 0 Å². The fourth-order valence-corrected chi connectivity index (χ4v) is 7.00. The number of rotatable bonds is 6. The average molecular weight is 629 g/mol. The Balaban J connectivity index is 1.26. The van der Waals surface area contributed by atoms with Crippen molar-refractivity contribution < 1.29 is 4.74 Å². The van der Waals surface area contributed by atoms with Gasteiger partial charge < -0.3 is 10.1 Å². The molecule has 0 radical (unpaired) electrons. The summed E-state index contributed by atoms with van der Waals surface area (Å²) in [5.74, 6) is 0.868. The summed E-state index contributed by atoms with van der Waals surface area (Å²) in [4.78, 5) is 5.16. The molecule has 9 rings (SSSR count). The molecule has 2 heterocycles. The van der Waals surface area contributed by atoms with Gasteiger partial charge in [-0.1, -0.05) is 164 Å². The minimum atomic E-state index is -0.252. The summed E-state index contributed by atoms with van der Waals surface area (Å²) < 4.78 is 6.71. The third-order valence-electron chi connectivity index (χ3n) is 9.33. The summed E-state index contributed by atoms with van der Waals surface area (Å²) in [5, 5.41) is 5.99. The van der Waals surface area contributed by atoms with E-state index >= 15 is 0 Å². The molecule has 0 saturated carbocycles. The Hall–Kier alpha value is -6.45. The van der Waals surface area contributed by atoms with Crippen LogP contribution in [0, 0.1) is 0 Å². The lowest BCUT2D eigenvalue weighted by Gasteiger charge is -2.19.